The number of carboxylic acid groups (broad SMARTS) is 1. The number of aliphatic hydroxyl groups excluding tert-OH is 1. The van der Waals surface area contributed by atoms with E-state index in [-0.39, 0.29) is 50.3 Å². The van der Waals surface area contributed by atoms with E-state index in [1.807, 2.05) is 51.1 Å². The van der Waals surface area contributed by atoms with Crippen molar-refractivity contribution < 1.29 is 51.9 Å². The van der Waals surface area contributed by atoms with Crippen LogP contribution in [0.2, 0.25) is 0 Å². The largest absolute Gasteiger partial charge is 0.465 e. The molecule has 0 unspecified atom stereocenters. The number of aliphatic hydroxyl groups is 1. The monoisotopic (exact) mass is 733 g/mol. The highest BCUT2D eigenvalue weighted by Gasteiger charge is 2.49. The number of carbonyl (C=O) groups excluding carboxylic acids is 1. The molecule has 282 valence electrons. The van der Waals surface area contributed by atoms with Gasteiger partial charge in [0.15, 0.2) is 17.8 Å². The minimum atomic E-state index is -4.24. The quantitative estimate of drug-likeness (QED) is 0.185. The van der Waals surface area contributed by atoms with Gasteiger partial charge in [0.2, 0.25) is 16.8 Å². The van der Waals surface area contributed by atoms with Gasteiger partial charge in [-0.05, 0) is 61.6 Å². The summed E-state index contributed by atoms with van der Waals surface area (Å²) in [5, 5.41) is 25.4. The van der Waals surface area contributed by atoms with Crippen LogP contribution in [0.15, 0.2) is 53.4 Å². The zero-order valence-corrected chi connectivity index (χ0v) is 30.4. The van der Waals surface area contributed by atoms with Gasteiger partial charge < -0.3 is 39.2 Å². The molecule has 3 aliphatic rings. The van der Waals surface area contributed by atoms with Crippen LogP contribution in [0, 0.1) is 11.3 Å². The Labute approximate surface area is 300 Å². The van der Waals surface area contributed by atoms with E-state index in [4.69, 9.17) is 23.7 Å². The first-order valence-corrected chi connectivity index (χ1v) is 19.1. The molecule has 3 aliphatic heterocycles. The molecule has 0 saturated carbocycles. The van der Waals surface area contributed by atoms with Crippen molar-refractivity contribution in [2.75, 3.05) is 46.2 Å². The van der Waals surface area contributed by atoms with Crippen molar-refractivity contribution in [3.8, 4) is 11.5 Å². The van der Waals surface area contributed by atoms with Crippen molar-refractivity contribution in [2.24, 2.45) is 11.3 Å². The predicted molar refractivity (Wildman–Crippen MR) is 186 cm³/mol. The van der Waals surface area contributed by atoms with E-state index >= 15 is 0 Å². The molecule has 3 heterocycles. The summed E-state index contributed by atoms with van der Waals surface area (Å²) in [5.74, 6) is 0.521. The number of nitrogens with one attached hydrogen (secondary N) is 1. The topological polar surface area (TPSA) is 173 Å². The third kappa shape index (κ3) is 9.83. The lowest BCUT2D eigenvalue weighted by Crippen LogP contribution is -2.58. The molecule has 2 aromatic rings. The summed E-state index contributed by atoms with van der Waals surface area (Å²) >= 11 is 0. The van der Waals surface area contributed by atoms with E-state index in [1.165, 1.54) is 27.4 Å². The predicted octanol–water partition coefficient (Wildman–Crippen LogP) is 4.45. The van der Waals surface area contributed by atoms with Gasteiger partial charge in [0.05, 0.1) is 42.9 Å². The van der Waals surface area contributed by atoms with Crippen LogP contribution in [0.1, 0.15) is 58.4 Å². The number of fused-ring (bicyclic) bond motifs is 2. The number of benzene rings is 2. The number of carbonyl (C=O) groups is 2. The minimum absolute atomic E-state index is 0.0227. The van der Waals surface area contributed by atoms with E-state index in [0.29, 0.717) is 50.3 Å². The fourth-order valence-corrected chi connectivity index (χ4v) is 8.67. The summed E-state index contributed by atoms with van der Waals surface area (Å²) in [6, 6.07) is 12.0. The Morgan fingerprint density at radius 3 is 2.59 bits per heavy atom. The van der Waals surface area contributed by atoms with Gasteiger partial charge in [-0.15, -0.1) is 0 Å². The smallest absolute Gasteiger partial charge is 0.407 e. The first-order chi connectivity index (χ1) is 24.4. The van der Waals surface area contributed by atoms with Crippen LogP contribution in [0.3, 0.4) is 0 Å². The Balaban J connectivity index is 1.40. The highest BCUT2D eigenvalue weighted by Crippen LogP contribution is 2.38. The molecule has 3 N–H and O–H groups in total. The van der Waals surface area contributed by atoms with Gasteiger partial charge in [0, 0.05) is 31.6 Å². The molecule has 2 amide bonds. The zero-order valence-electron chi connectivity index (χ0n) is 29.6. The molecule has 5 atom stereocenters. The van der Waals surface area contributed by atoms with Crippen LogP contribution >= 0.6 is 0 Å². The number of sulfonamides is 1. The number of unbranched alkanes of at least 4 members (excludes halogenated alkanes) is 1. The first kappa shape index (κ1) is 38.6. The van der Waals surface area contributed by atoms with Crippen LogP contribution in [-0.4, -0.2) is 111 Å². The fourth-order valence-electron chi connectivity index (χ4n) is 7.00. The Kier molecular flexibility index (Phi) is 13.1. The first-order valence-electron chi connectivity index (χ1n) is 17.7. The fraction of sp³-hybridized carbons (Fsp3) is 0.611. The van der Waals surface area contributed by atoms with E-state index in [1.54, 1.807) is 0 Å². The molecule has 15 heteroatoms. The number of nitrogens with zero attached hydrogens (tertiary/aromatic N) is 2. The number of hydrogen-bond acceptors (Lipinski definition) is 10. The molecule has 51 heavy (non-hydrogen) atoms. The van der Waals surface area contributed by atoms with E-state index in [9.17, 15) is 28.2 Å². The molecule has 0 radical (unpaired) electrons. The van der Waals surface area contributed by atoms with Crippen molar-refractivity contribution in [1.29, 1.82) is 0 Å². The van der Waals surface area contributed by atoms with Crippen LogP contribution < -0.4 is 14.8 Å². The minimum Gasteiger partial charge on any atom is -0.465 e. The molecular weight excluding hydrogens is 682 g/mol. The van der Waals surface area contributed by atoms with Gasteiger partial charge in [0.25, 0.3) is 0 Å². The summed E-state index contributed by atoms with van der Waals surface area (Å²) in [6.07, 6.45) is -0.241. The maximum atomic E-state index is 14.5. The summed E-state index contributed by atoms with van der Waals surface area (Å²) in [4.78, 5) is 26.1. The molecule has 2 aromatic carbocycles. The Morgan fingerprint density at radius 2 is 1.84 bits per heavy atom. The lowest BCUT2D eigenvalue weighted by atomic mass is 9.87. The summed E-state index contributed by atoms with van der Waals surface area (Å²) in [6.45, 7) is 6.77. The molecule has 2 fully saturated rings. The maximum absolute atomic E-state index is 14.5. The lowest BCUT2D eigenvalue weighted by Gasteiger charge is -2.40. The van der Waals surface area contributed by atoms with Gasteiger partial charge in [-0.2, -0.15) is 4.31 Å². The van der Waals surface area contributed by atoms with E-state index in [0.717, 1.165) is 12.0 Å². The van der Waals surface area contributed by atoms with Crippen LogP contribution in [-0.2, 0) is 30.7 Å². The van der Waals surface area contributed by atoms with Crippen LogP contribution in [0.5, 0.6) is 11.5 Å². The Bertz CT molecular complexity index is 1580. The second-order valence-corrected chi connectivity index (χ2v) is 16.0. The lowest BCUT2D eigenvalue weighted by molar-refractivity contribution is -0.0906. The molecule has 0 spiro atoms. The number of amides is 2. The average Bonchev–Trinajstić information content (AvgIpc) is 3.85. The summed E-state index contributed by atoms with van der Waals surface area (Å²) in [7, 11) is -4.24. The molecule has 0 bridgehead atoms. The molecular formula is C36H51N3O11S. The number of hydrogen-bond donors (Lipinski definition) is 3. The standard InChI is InChI=1S/C36H51N3O11S/c1-4-16-37-34(41)47-17-9-8-15-36(2,3)23-38(51(44,45)26-12-13-31-32(20-26)50-24-49-31)21-30(40)28(19-25-10-6-5-7-11-25)39(35(42)43)29-22-48-33-27(29)14-18-46-33/h5-7,10-13,20,27-30,33,40H,4,8-9,14-19,21-24H2,1-3H3,(H,37,41)(H,42,43)/t27-,28-,29-,30+,33+/m0/s1. The average molecular weight is 734 g/mol. The summed E-state index contributed by atoms with van der Waals surface area (Å²) < 4.78 is 57.8. The molecule has 14 nitrogen and oxygen atoms in total. The number of rotatable bonds is 18. The van der Waals surface area contributed by atoms with Crippen molar-refractivity contribution in [1.82, 2.24) is 14.5 Å². The van der Waals surface area contributed by atoms with Crippen molar-refractivity contribution in [2.45, 2.75) is 88.7 Å². The van der Waals surface area contributed by atoms with Crippen molar-refractivity contribution in [3.63, 3.8) is 0 Å². The van der Waals surface area contributed by atoms with Crippen molar-refractivity contribution in [3.05, 3.63) is 54.1 Å². The number of alkyl carbamates (subject to hydrolysis) is 1. The second-order valence-electron chi connectivity index (χ2n) is 14.1. The van der Waals surface area contributed by atoms with Gasteiger partial charge >= 0.3 is 12.2 Å². The van der Waals surface area contributed by atoms with Crippen LogP contribution in [0.4, 0.5) is 9.59 Å². The number of ether oxygens (including phenoxy) is 5. The van der Waals surface area contributed by atoms with Gasteiger partial charge in [0.1, 0.15) is 0 Å². The highest BCUT2D eigenvalue weighted by atomic mass is 32.2. The molecule has 5 rings (SSSR count). The Morgan fingerprint density at radius 1 is 1.08 bits per heavy atom. The van der Waals surface area contributed by atoms with Crippen molar-refractivity contribution >= 4 is 22.2 Å². The van der Waals surface area contributed by atoms with E-state index in [2.05, 4.69) is 5.32 Å². The van der Waals surface area contributed by atoms with Gasteiger partial charge in [-0.1, -0.05) is 51.1 Å². The second kappa shape index (κ2) is 17.3. The Hall–Kier alpha value is -3.63. The third-order valence-corrected chi connectivity index (χ3v) is 11.5. The van der Waals surface area contributed by atoms with Crippen LogP contribution in [0.25, 0.3) is 0 Å². The van der Waals surface area contributed by atoms with Gasteiger partial charge in [-0.3, -0.25) is 4.90 Å². The molecule has 2 saturated heterocycles. The normalized spacial score (nSPS) is 20.9. The maximum Gasteiger partial charge on any atom is 0.407 e. The summed E-state index contributed by atoms with van der Waals surface area (Å²) in [5.41, 5.74) is 0.213. The molecule has 0 aliphatic carbocycles. The third-order valence-electron chi connectivity index (χ3n) is 9.65. The van der Waals surface area contributed by atoms with Gasteiger partial charge in [-0.25, -0.2) is 18.0 Å². The SMILES string of the molecule is CCCNC(=O)OCCCCC(C)(C)CN(C[C@@H](O)[C@H](Cc1ccccc1)N(C(=O)O)[C@H]1CO[C@H]2OCC[C@H]21)S(=O)(=O)c1ccc2c(c1)OCO2. The highest BCUT2D eigenvalue weighted by molar-refractivity contribution is 7.89. The van der Waals surface area contributed by atoms with E-state index < -0.39 is 52.1 Å². The zero-order chi connectivity index (χ0) is 36.6. The molecule has 0 aromatic heterocycles.